The number of aromatic nitrogens is 2. The first kappa shape index (κ1) is 20.1. The van der Waals surface area contributed by atoms with Crippen LogP contribution in [0, 0.1) is 19.8 Å². The van der Waals surface area contributed by atoms with E-state index in [0.29, 0.717) is 11.8 Å². The van der Waals surface area contributed by atoms with Crippen LogP contribution in [0.1, 0.15) is 47.8 Å². The molecule has 4 aromatic rings. The fourth-order valence-electron chi connectivity index (χ4n) is 5.83. The van der Waals surface area contributed by atoms with Crippen molar-refractivity contribution < 1.29 is 0 Å². The zero-order valence-corrected chi connectivity index (χ0v) is 19.6. The second-order valence-corrected chi connectivity index (χ2v) is 10.1. The summed E-state index contributed by atoms with van der Waals surface area (Å²) in [5.74, 6) is 0.817. The quantitative estimate of drug-likeness (QED) is 0.329. The van der Waals surface area contributed by atoms with Crippen LogP contribution >= 0.6 is 0 Å². The average Bonchev–Trinajstić information content (AvgIpc) is 3.05. The van der Waals surface area contributed by atoms with Gasteiger partial charge in [0.1, 0.15) is 0 Å². The molecule has 2 aliphatic rings. The van der Waals surface area contributed by atoms with E-state index in [0.717, 1.165) is 22.6 Å². The van der Waals surface area contributed by atoms with Gasteiger partial charge in [-0.3, -0.25) is 9.97 Å². The number of rotatable bonds is 2. The fraction of sp³-hybridized carbons (Fsp3) is 0.226. The predicted octanol–water partition coefficient (Wildman–Crippen LogP) is 7.56. The van der Waals surface area contributed by atoms with Gasteiger partial charge in [-0.1, -0.05) is 80.6 Å². The summed E-state index contributed by atoms with van der Waals surface area (Å²) in [6.45, 7) is 8.82. The Balaban J connectivity index is 1.41. The van der Waals surface area contributed by atoms with Crippen molar-refractivity contribution in [3.8, 4) is 11.3 Å². The molecule has 0 N–H and O–H groups in total. The first-order valence-corrected chi connectivity index (χ1v) is 11.8. The van der Waals surface area contributed by atoms with Crippen molar-refractivity contribution in [3.63, 3.8) is 0 Å². The summed E-state index contributed by atoms with van der Waals surface area (Å²) in [6.07, 6.45) is 9.10. The van der Waals surface area contributed by atoms with Crippen LogP contribution in [0.15, 0.2) is 85.1 Å². The molecule has 33 heavy (non-hydrogen) atoms. The molecule has 0 radical (unpaired) electrons. The van der Waals surface area contributed by atoms with Crippen molar-refractivity contribution in [2.75, 3.05) is 0 Å². The summed E-state index contributed by atoms with van der Waals surface area (Å²) >= 11 is 0. The maximum Gasteiger partial charge on any atom is 0.0914 e. The van der Waals surface area contributed by atoms with Crippen LogP contribution in [0.5, 0.6) is 0 Å². The van der Waals surface area contributed by atoms with Gasteiger partial charge < -0.3 is 0 Å². The number of allylic oxidation sites excluding steroid dienone is 4. The largest absolute Gasteiger partial charge is 0.255 e. The number of fused-ring (bicyclic) bond motifs is 4. The molecule has 0 aliphatic heterocycles. The van der Waals surface area contributed by atoms with Crippen LogP contribution in [0.3, 0.4) is 0 Å². The second kappa shape index (κ2) is 7.25. The SMILES string of the molecule is Cc1cnc(-c2ccc3c(c2)C2C=CC(c4ccc5ccccc5c4)=CC2C3(C)C)c(C)n1. The van der Waals surface area contributed by atoms with E-state index in [1.165, 1.54) is 33.0 Å². The van der Waals surface area contributed by atoms with Crippen LogP contribution < -0.4 is 0 Å². The zero-order chi connectivity index (χ0) is 22.7. The lowest BCUT2D eigenvalue weighted by Gasteiger charge is -2.31. The van der Waals surface area contributed by atoms with Crippen molar-refractivity contribution in [2.24, 2.45) is 5.92 Å². The van der Waals surface area contributed by atoms with E-state index in [-0.39, 0.29) is 5.41 Å². The highest BCUT2D eigenvalue weighted by atomic mass is 14.8. The molecule has 0 bridgehead atoms. The Morgan fingerprint density at radius 2 is 1.64 bits per heavy atom. The average molecular weight is 429 g/mol. The maximum absolute atomic E-state index is 4.70. The maximum atomic E-state index is 4.70. The van der Waals surface area contributed by atoms with Gasteiger partial charge >= 0.3 is 0 Å². The van der Waals surface area contributed by atoms with Gasteiger partial charge in [-0.05, 0) is 70.3 Å². The summed E-state index contributed by atoms with van der Waals surface area (Å²) < 4.78 is 0. The van der Waals surface area contributed by atoms with Gasteiger partial charge in [-0.15, -0.1) is 0 Å². The highest BCUT2D eigenvalue weighted by Gasteiger charge is 2.45. The molecule has 162 valence electrons. The minimum Gasteiger partial charge on any atom is -0.255 e. The van der Waals surface area contributed by atoms with Crippen LogP contribution in [0.4, 0.5) is 0 Å². The molecule has 2 aliphatic carbocycles. The third-order valence-electron chi connectivity index (χ3n) is 7.59. The molecular weight excluding hydrogens is 400 g/mol. The highest BCUT2D eigenvalue weighted by molar-refractivity contribution is 5.88. The minimum absolute atomic E-state index is 0.0688. The van der Waals surface area contributed by atoms with Gasteiger partial charge in [-0.25, -0.2) is 0 Å². The molecule has 2 unspecified atom stereocenters. The number of benzene rings is 3. The smallest absolute Gasteiger partial charge is 0.0914 e. The Kier molecular flexibility index (Phi) is 4.42. The first-order chi connectivity index (χ1) is 15.9. The van der Waals surface area contributed by atoms with Gasteiger partial charge in [0.05, 0.1) is 17.1 Å². The van der Waals surface area contributed by atoms with E-state index >= 15 is 0 Å². The van der Waals surface area contributed by atoms with E-state index in [4.69, 9.17) is 4.98 Å². The number of nitrogens with zero attached hydrogens (tertiary/aromatic N) is 2. The van der Waals surface area contributed by atoms with E-state index in [9.17, 15) is 0 Å². The first-order valence-electron chi connectivity index (χ1n) is 11.8. The molecule has 1 heterocycles. The lowest BCUT2D eigenvalue weighted by atomic mass is 9.73. The summed E-state index contributed by atoms with van der Waals surface area (Å²) in [7, 11) is 0. The molecule has 1 aromatic heterocycles. The van der Waals surface area contributed by atoms with Crippen molar-refractivity contribution in [1.82, 2.24) is 9.97 Å². The van der Waals surface area contributed by atoms with Crippen LogP contribution in [-0.4, -0.2) is 9.97 Å². The summed E-state index contributed by atoms with van der Waals surface area (Å²) in [5, 5.41) is 2.58. The predicted molar refractivity (Wildman–Crippen MR) is 137 cm³/mol. The topological polar surface area (TPSA) is 25.8 Å². The lowest BCUT2D eigenvalue weighted by molar-refractivity contribution is 0.395. The third-order valence-corrected chi connectivity index (χ3v) is 7.59. The second-order valence-electron chi connectivity index (χ2n) is 10.1. The summed E-state index contributed by atoms with van der Waals surface area (Å²) in [5.41, 5.74) is 9.64. The van der Waals surface area contributed by atoms with Crippen molar-refractivity contribution in [3.05, 3.63) is 113 Å². The molecule has 2 nitrogen and oxygen atoms in total. The van der Waals surface area contributed by atoms with Crippen molar-refractivity contribution in [2.45, 2.75) is 39.0 Å². The highest BCUT2D eigenvalue weighted by Crippen LogP contribution is 2.54. The molecule has 0 saturated heterocycles. The van der Waals surface area contributed by atoms with Crippen LogP contribution in [-0.2, 0) is 5.41 Å². The summed E-state index contributed by atoms with van der Waals surface area (Å²) in [4.78, 5) is 9.33. The van der Waals surface area contributed by atoms with E-state index < -0.39 is 0 Å². The molecule has 6 rings (SSSR count). The van der Waals surface area contributed by atoms with Gasteiger partial charge in [-0.2, -0.15) is 0 Å². The standard InChI is InChI=1S/C31H28N2/c1-19-18-32-30(20(2)33-19)25-12-14-28-27(16-25)26-13-11-24(17-29(26)31(28,3)4)23-10-9-21-7-5-6-8-22(21)15-23/h5-18,26,29H,1-4H3. The Morgan fingerprint density at radius 3 is 2.45 bits per heavy atom. The molecule has 0 saturated carbocycles. The zero-order valence-electron chi connectivity index (χ0n) is 19.6. The van der Waals surface area contributed by atoms with Crippen molar-refractivity contribution >= 4 is 16.3 Å². The number of hydrogen-bond donors (Lipinski definition) is 0. The Hall–Kier alpha value is -3.52. The molecule has 0 spiro atoms. The van der Waals surface area contributed by atoms with Crippen LogP contribution in [0.25, 0.3) is 27.6 Å². The fourth-order valence-corrected chi connectivity index (χ4v) is 5.83. The van der Waals surface area contributed by atoms with E-state index in [2.05, 4.69) is 97.7 Å². The third kappa shape index (κ3) is 3.16. The van der Waals surface area contributed by atoms with Gasteiger partial charge in [0.15, 0.2) is 0 Å². The molecule has 2 heteroatoms. The number of hydrogen-bond acceptors (Lipinski definition) is 2. The van der Waals surface area contributed by atoms with E-state index in [1.54, 1.807) is 0 Å². The normalized spacial score (nSPS) is 20.4. The molecule has 0 fully saturated rings. The molecule has 3 aromatic carbocycles. The number of aryl methyl sites for hydroxylation is 2. The van der Waals surface area contributed by atoms with Gasteiger partial charge in [0, 0.05) is 17.7 Å². The monoisotopic (exact) mass is 428 g/mol. The lowest BCUT2D eigenvalue weighted by Crippen LogP contribution is -2.25. The van der Waals surface area contributed by atoms with Gasteiger partial charge in [0.25, 0.3) is 0 Å². The Labute approximate surface area is 195 Å². The van der Waals surface area contributed by atoms with E-state index in [1.807, 2.05) is 20.0 Å². The molecule has 2 atom stereocenters. The van der Waals surface area contributed by atoms with Crippen molar-refractivity contribution in [1.29, 1.82) is 0 Å². The summed E-state index contributed by atoms with van der Waals surface area (Å²) in [6, 6.07) is 22.3. The Morgan fingerprint density at radius 1 is 0.848 bits per heavy atom. The molecular formula is C31H28N2. The molecule has 0 amide bonds. The van der Waals surface area contributed by atoms with Crippen LogP contribution in [0.2, 0.25) is 0 Å². The van der Waals surface area contributed by atoms with Gasteiger partial charge in [0.2, 0.25) is 0 Å². The minimum atomic E-state index is 0.0688. The Bertz CT molecular complexity index is 1470.